The molecule has 0 fully saturated rings. The Bertz CT molecular complexity index is 314. The summed E-state index contributed by atoms with van der Waals surface area (Å²) in [6.07, 6.45) is 1.45. The van der Waals surface area contributed by atoms with Crippen molar-refractivity contribution in [1.82, 2.24) is 4.98 Å². The highest BCUT2D eigenvalue weighted by atomic mass is 16.1. The lowest BCUT2D eigenvalue weighted by molar-refractivity contribution is 0.103. The van der Waals surface area contributed by atoms with Crippen molar-refractivity contribution < 1.29 is 4.79 Å². The molecule has 1 heterocycles. The van der Waals surface area contributed by atoms with Crippen LogP contribution in [0.2, 0.25) is 0 Å². The highest BCUT2D eigenvalue weighted by Gasteiger charge is 2.06. The molecule has 0 aromatic carbocycles. The van der Waals surface area contributed by atoms with Crippen molar-refractivity contribution in [2.75, 3.05) is 5.73 Å². The van der Waals surface area contributed by atoms with Crippen molar-refractivity contribution in [1.29, 1.82) is 0 Å². The molecule has 0 aliphatic carbocycles. The van der Waals surface area contributed by atoms with Crippen molar-refractivity contribution in [3.63, 3.8) is 0 Å². The van der Waals surface area contributed by atoms with E-state index in [2.05, 4.69) is 11.6 Å². The molecule has 2 N–H and O–H groups in total. The van der Waals surface area contributed by atoms with Crippen LogP contribution in [0.3, 0.4) is 0 Å². The zero-order valence-corrected chi connectivity index (χ0v) is 6.87. The smallest absolute Gasteiger partial charge is 0.206 e. The van der Waals surface area contributed by atoms with E-state index >= 15 is 0 Å². The largest absolute Gasteiger partial charge is 0.397 e. The Balaban J connectivity index is 2.98. The molecule has 3 nitrogen and oxygen atoms in total. The van der Waals surface area contributed by atoms with Gasteiger partial charge in [-0.15, -0.1) is 0 Å². The van der Waals surface area contributed by atoms with E-state index in [0.717, 1.165) is 0 Å². The second-order valence-corrected chi connectivity index (χ2v) is 2.59. The van der Waals surface area contributed by atoms with Gasteiger partial charge >= 0.3 is 0 Å². The lowest BCUT2D eigenvalue weighted by atomic mass is 10.1. The molecule has 0 radical (unpaired) electrons. The summed E-state index contributed by atoms with van der Waals surface area (Å²) in [5.41, 5.74) is 6.82. The third kappa shape index (κ3) is 1.69. The number of carbonyl (C=O) groups excluding carboxylic acids is 1. The number of rotatable bonds is 2. The zero-order chi connectivity index (χ0) is 9.14. The Hall–Kier alpha value is -1.64. The van der Waals surface area contributed by atoms with Crippen LogP contribution < -0.4 is 5.73 Å². The molecule has 1 aromatic rings. The second kappa shape index (κ2) is 3.17. The van der Waals surface area contributed by atoms with Gasteiger partial charge in [-0.2, -0.15) is 0 Å². The summed E-state index contributed by atoms with van der Waals surface area (Å²) >= 11 is 0. The van der Waals surface area contributed by atoms with E-state index in [0.29, 0.717) is 17.0 Å². The van der Waals surface area contributed by atoms with Crippen molar-refractivity contribution in [3.05, 3.63) is 36.2 Å². The maximum absolute atomic E-state index is 11.3. The first-order chi connectivity index (χ1) is 5.61. The van der Waals surface area contributed by atoms with Gasteiger partial charge in [-0.3, -0.25) is 9.78 Å². The van der Waals surface area contributed by atoms with Crippen molar-refractivity contribution in [2.45, 2.75) is 6.92 Å². The average molecular weight is 162 g/mol. The molecule has 0 spiro atoms. The minimum Gasteiger partial charge on any atom is -0.397 e. The number of carbonyl (C=O) groups is 1. The van der Waals surface area contributed by atoms with E-state index in [1.807, 2.05) is 0 Å². The summed E-state index contributed by atoms with van der Waals surface area (Å²) in [6, 6.07) is 3.23. The van der Waals surface area contributed by atoms with Gasteiger partial charge in [0.2, 0.25) is 5.78 Å². The highest BCUT2D eigenvalue weighted by molar-refractivity contribution is 6.06. The first-order valence-electron chi connectivity index (χ1n) is 3.53. The average Bonchev–Trinajstić information content (AvgIpc) is 2.04. The van der Waals surface area contributed by atoms with Gasteiger partial charge in [-0.05, 0) is 24.6 Å². The van der Waals surface area contributed by atoms with Gasteiger partial charge in [0.25, 0.3) is 0 Å². The fourth-order valence-corrected chi connectivity index (χ4v) is 0.758. The van der Waals surface area contributed by atoms with E-state index in [-0.39, 0.29) is 5.78 Å². The number of aromatic nitrogens is 1. The normalized spacial score (nSPS) is 9.42. The molecule has 0 aliphatic rings. The number of nitrogen functional groups attached to an aromatic ring is 1. The standard InChI is InChI=1S/C9H10N2O/c1-6(2)9(12)8-4-3-7(10)5-11-8/h3-5H,1,10H2,2H3. The zero-order valence-electron chi connectivity index (χ0n) is 6.87. The van der Waals surface area contributed by atoms with Crippen LogP contribution in [0.15, 0.2) is 30.5 Å². The molecule has 0 atom stereocenters. The topological polar surface area (TPSA) is 56.0 Å². The fourth-order valence-electron chi connectivity index (χ4n) is 0.758. The number of hydrogen-bond acceptors (Lipinski definition) is 3. The minimum atomic E-state index is -0.144. The number of nitrogens with zero attached hydrogens (tertiary/aromatic N) is 1. The first-order valence-corrected chi connectivity index (χ1v) is 3.53. The van der Waals surface area contributed by atoms with Gasteiger partial charge in [-0.25, -0.2) is 0 Å². The van der Waals surface area contributed by atoms with Crippen LogP contribution >= 0.6 is 0 Å². The predicted molar refractivity (Wildman–Crippen MR) is 47.8 cm³/mol. The van der Waals surface area contributed by atoms with E-state index in [1.54, 1.807) is 19.1 Å². The Morgan fingerprint density at radius 1 is 1.58 bits per heavy atom. The third-order valence-corrected chi connectivity index (χ3v) is 1.41. The molecular weight excluding hydrogens is 152 g/mol. The Morgan fingerprint density at radius 2 is 2.25 bits per heavy atom. The number of pyridine rings is 1. The van der Waals surface area contributed by atoms with Gasteiger partial charge in [0.05, 0.1) is 11.9 Å². The minimum absolute atomic E-state index is 0.144. The third-order valence-electron chi connectivity index (χ3n) is 1.41. The van der Waals surface area contributed by atoms with Gasteiger partial charge < -0.3 is 5.73 Å². The van der Waals surface area contributed by atoms with Gasteiger partial charge in [0, 0.05) is 0 Å². The molecule has 0 saturated heterocycles. The summed E-state index contributed by atoms with van der Waals surface area (Å²) in [6.45, 7) is 5.19. The lowest BCUT2D eigenvalue weighted by Crippen LogP contribution is -2.02. The maximum atomic E-state index is 11.3. The van der Waals surface area contributed by atoms with Crippen LogP contribution in [0.5, 0.6) is 0 Å². The molecule has 0 unspecified atom stereocenters. The fraction of sp³-hybridized carbons (Fsp3) is 0.111. The Labute approximate surface area is 70.9 Å². The Morgan fingerprint density at radius 3 is 2.67 bits per heavy atom. The SMILES string of the molecule is C=C(C)C(=O)c1ccc(N)cn1. The molecule has 0 bridgehead atoms. The van der Waals surface area contributed by atoms with E-state index in [9.17, 15) is 4.79 Å². The number of ketones is 1. The molecule has 0 saturated carbocycles. The van der Waals surface area contributed by atoms with Gasteiger partial charge in [-0.1, -0.05) is 6.58 Å². The van der Waals surface area contributed by atoms with Gasteiger partial charge in [0.1, 0.15) is 5.69 Å². The van der Waals surface area contributed by atoms with Crippen molar-refractivity contribution >= 4 is 11.5 Å². The Kier molecular flexibility index (Phi) is 2.24. The van der Waals surface area contributed by atoms with Crippen LogP contribution in [0, 0.1) is 0 Å². The summed E-state index contributed by atoms with van der Waals surface area (Å²) in [4.78, 5) is 15.1. The summed E-state index contributed by atoms with van der Waals surface area (Å²) in [7, 11) is 0. The molecular formula is C9H10N2O. The summed E-state index contributed by atoms with van der Waals surface area (Å²) < 4.78 is 0. The summed E-state index contributed by atoms with van der Waals surface area (Å²) in [5.74, 6) is -0.144. The number of Topliss-reactive ketones (excluding diaryl/α,β-unsaturated/α-hetero) is 1. The van der Waals surface area contributed by atoms with Crippen molar-refractivity contribution in [3.8, 4) is 0 Å². The molecule has 1 aromatic heterocycles. The van der Waals surface area contributed by atoms with Crippen molar-refractivity contribution in [2.24, 2.45) is 0 Å². The quantitative estimate of drug-likeness (QED) is 0.528. The van der Waals surface area contributed by atoms with Crippen LogP contribution in [-0.4, -0.2) is 10.8 Å². The number of allylic oxidation sites excluding steroid dienone is 1. The molecule has 12 heavy (non-hydrogen) atoms. The van der Waals surface area contributed by atoms with Crippen LogP contribution in [0.1, 0.15) is 17.4 Å². The van der Waals surface area contributed by atoms with E-state index in [4.69, 9.17) is 5.73 Å². The van der Waals surface area contributed by atoms with Gasteiger partial charge in [0.15, 0.2) is 0 Å². The number of hydrogen-bond donors (Lipinski definition) is 1. The highest BCUT2D eigenvalue weighted by Crippen LogP contribution is 2.05. The first kappa shape index (κ1) is 8.46. The number of anilines is 1. The van der Waals surface area contributed by atoms with Crippen LogP contribution in [-0.2, 0) is 0 Å². The predicted octanol–water partition coefficient (Wildman–Crippen LogP) is 1.42. The molecule has 3 heteroatoms. The van der Waals surface area contributed by atoms with E-state index < -0.39 is 0 Å². The van der Waals surface area contributed by atoms with Crippen LogP contribution in [0.4, 0.5) is 5.69 Å². The number of nitrogens with two attached hydrogens (primary N) is 1. The monoisotopic (exact) mass is 162 g/mol. The lowest BCUT2D eigenvalue weighted by Gasteiger charge is -1.98. The maximum Gasteiger partial charge on any atom is 0.206 e. The van der Waals surface area contributed by atoms with Crippen LogP contribution in [0.25, 0.3) is 0 Å². The van der Waals surface area contributed by atoms with E-state index in [1.165, 1.54) is 6.20 Å². The molecule has 62 valence electrons. The molecule has 0 amide bonds. The molecule has 0 aliphatic heterocycles. The summed E-state index contributed by atoms with van der Waals surface area (Å²) in [5, 5.41) is 0. The molecule has 1 rings (SSSR count). The second-order valence-electron chi connectivity index (χ2n) is 2.59.